The molecule has 0 aromatic rings. The smallest absolute Gasteiger partial charge is 0.215 e. The van der Waals surface area contributed by atoms with E-state index in [0.717, 1.165) is 6.61 Å². The van der Waals surface area contributed by atoms with Crippen molar-refractivity contribution < 1.29 is 14.1 Å². The highest BCUT2D eigenvalue weighted by atomic mass is 28.4. The number of fused-ring (bicyclic) bond motifs is 1. The van der Waals surface area contributed by atoms with Gasteiger partial charge in [-0.05, 0) is 33.5 Å². The third kappa shape index (κ3) is 1.87. The van der Waals surface area contributed by atoms with Gasteiger partial charge in [0.05, 0.1) is 19.3 Å². The summed E-state index contributed by atoms with van der Waals surface area (Å²) in [5, 5.41) is 1.72. The Labute approximate surface area is 92.5 Å². The van der Waals surface area contributed by atoms with Gasteiger partial charge in [-0.2, -0.15) is 0 Å². The SMILES string of the molecule is C[C@H]1OC[C@@H]2CON(O[Si](C)(C)C)[C@@]21C. The first kappa shape index (κ1) is 11.5. The van der Waals surface area contributed by atoms with Crippen LogP contribution in [0.3, 0.4) is 0 Å². The van der Waals surface area contributed by atoms with E-state index < -0.39 is 8.32 Å². The molecule has 15 heavy (non-hydrogen) atoms. The van der Waals surface area contributed by atoms with Gasteiger partial charge in [0, 0.05) is 5.92 Å². The van der Waals surface area contributed by atoms with E-state index in [4.69, 9.17) is 14.1 Å². The average molecular weight is 231 g/mol. The fourth-order valence-corrected chi connectivity index (χ4v) is 2.86. The first-order chi connectivity index (χ1) is 6.84. The molecule has 2 saturated heterocycles. The Morgan fingerprint density at radius 1 is 1.33 bits per heavy atom. The van der Waals surface area contributed by atoms with Gasteiger partial charge in [-0.3, -0.25) is 4.84 Å². The Kier molecular flexibility index (Phi) is 2.72. The second kappa shape index (κ2) is 3.53. The average Bonchev–Trinajstić information content (AvgIpc) is 2.52. The van der Waals surface area contributed by atoms with Gasteiger partial charge in [0.15, 0.2) is 0 Å². The minimum absolute atomic E-state index is 0.111. The largest absolute Gasteiger partial charge is 0.376 e. The predicted octanol–water partition coefficient (Wildman–Crippen LogP) is 1.79. The predicted molar refractivity (Wildman–Crippen MR) is 59.5 cm³/mol. The monoisotopic (exact) mass is 231 g/mol. The van der Waals surface area contributed by atoms with Gasteiger partial charge >= 0.3 is 0 Å². The van der Waals surface area contributed by atoms with Crippen molar-refractivity contribution in [3.05, 3.63) is 0 Å². The number of ether oxygens (including phenoxy) is 1. The normalized spacial score (nSPS) is 42.2. The number of hydrogen-bond donors (Lipinski definition) is 0. The zero-order valence-corrected chi connectivity index (χ0v) is 11.2. The maximum Gasteiger partial charge on any atom is 0.215 e. The van der Waals surface area contributed by atoms with Crippen LogP contribution in [0.15, 0.2) is 0 Å². The van der Waals surface area contributed by atoms with Crippen LogP contribution >= 0.6 is 0 Å². The molecule has 0 aromatic carbocycles. The molecule has 0 aromatic heterocycles. The van der Waals surface area contributed by atoms with Crippen LogP contribution in [0.4, 0.5) is 0 Å². The van der Waals surface area contributed by atoms with Crippen LogP contribution in [0.25, 0.3) is 0 Å². The summed E-state index contributed by atoms with van der Waals surface area (Å²) in [7, 11) is -1.61. The van der Waals surface area contributed by atoms with Crippen LogP contribution in [0, 0.1) is 5.92 Å². The van der Waals surface area contributed by atoms with Crippen molar-refractivity contribution in [2.75, 3.05) is 13.2 Å². The molecular weight excluding hydrogens is 210 g/mol. The molecule has 0 N–H and O–H groups in total. The van der Waals surface area contributed by atoms with Crippen LogP contribution in [-0.4, -0.2) is 38.4 Å². The fourth-order valence-electron chi connectivity index (χ4n) is 2.11. The van der Waals surface area contributed by atoms with Crippen LogP contribution < -0.4 is 0 Å². The van der Waals surface area contributed by atoms with Gasteiger partial charge in [-0.25, -0.2) is 0 Å². The number of hydrogen-bond acceptors (Lipinski definition) is 4. The van der Waals surface area contributed by atoms with E-state index in [9.17, 15) is 0 Å². The number of hydroxylamine groups is 2. The molecule has 2 rings (SSSR count). The lowest BCUT2D eigenvalue weighted by molar-refractivity contribution is -0.342. The third-order valence-corrected chi connectivity index (χ3v) is 4.05. The molecule has 88 valence electrons. The summed E-state index contributed by atoms with van der Waals surface area (Å²) in [6.45, 7) is 12.2. The van der Waals surface area contributed by atoms with E-state index >= 15 is 0 Å². The minimum atomic E-state index is -1.61. The molecule has 0 radical (unpaired) electrons. The highest BCUT2D eigenvalue weighted by Crippen LogP contribution is 2.42. The lowest BCUT2D eigenvalue weighted by atomic mass is 9.87. The molecule has 2 fully saturated rings. The van der Waals surface area contributed by atoms with E-state index in [0.29, 0.717) is 12.5 Å². The molecule has 5 heteroatoms. The topological polar surface area (TPSA) is 30.9 Å². The van der Waals surface area contributed by atoms with E-state index in [1.807, 2.05) is 0 Å². The molecule has 0 saturated carbocycles. The van der Waals surface area contributed by atoms with Crippen LogP contribution in [0.1, 0.15) is 13.8 Å². The van der Waals surface area contributed by atoms with E-state index in [1.54, 1.807) is 5.23 Å². The highest BCUT2D eigenvalue weighted by molar-refractivity contribution is 6.69. The van der Waals surface area contributed by atoms with Gasteiger partial charge in [0.1, 0.15) is 5.54 Å². The van der Waals surface area contributed by atoms with Crippen molar-refractivity contribution in [3.63, 3.8) is 0 Å². The summed E-state index contributed by atoms with van der Waals surface area (Å²) >= 11 is 0. The first-order valence-corrected chi connectivity index (χ1v) is 8.99. The molecule has 4 nitrogen and oxygen atoms in total. The Morgan fingerprint density at radius 3 is 2.60 bits per heavy atom. The molecule has 0 aliphatic carbocycles. The van der Waals surface area contributed by atoms with Crippen molar-refractivity contribution in [1.82, 2.24) is 5.23 Å². The summed E-state index contributed by atoms with van der Waals surface area (Å²) in [5.74, 6) is 0.434. The fraction of sp³-hybridized carbons (Fsp3) is 1.00. The summed E-state index contributed by atoms with van der Waals surface area (Å²) in [5.41, 5.74) is -0.111. The Hall–Kier alpha value is 0.0569. The standard InChI is InChI=1S/C10H21NO3Si/c1-8-10(2)9(6-12-8)7-13-11(10)14-15(3,4)5/h8-9H,6-7H2,1-5H3/t8-,9-,10-/m1/s1. The van der Waals surface area contributed by atoms with Crippen molar-refractivity contribution in [2.24, 2.45) is 5.92 Å². The molecule has 3 atom stereocenters. The molecule has 0 spiro atoms. The summed E-state index contributed by atoms with van der Waals surface area (Å²) in [6.07, 6.45) is 0.168. The Balaban J connectivity index is 2.14. The zero-order chi connectivity index (χ0) is 11.3. The number of nitrogens with zero attached hydrogens (tertiary/aromatic N) is 1. The summed E-state index contributed by atoms with van der Waals surface area (Å²) < 4.78 is 11.6. The molecule has 2 aliphatic heterocycles. The maximum atomic E-state index is 5.96. The van der Waals surface area contributed by atoms with Gasteiger partial charge in [-0.1, -0.05) is 5.23 Å². The zero-order valence-electron chi connectivity index (χ0n) is 10.2. The Morgan fingerprint density at radius 2 is 2.00 bits per heavy atom. The van der Waals surface area contributed by atoms with E-state index in [1.165, 1.54) is 0 Å². The molecule has 2 aliphatic rings. The molecule has 0 bridgehead atoms. The molecule has 0 amide bonds. The quantitative estimate of drug-likeness (QED) is 0.678. The minimum Gasteiger partial charge on any atom is -0.376 e. The third-order valence-electron chi connectivity index (χ3n) is 3.34. The summed E-state index contributed by atoms with van der Waals surface area (Å²) in [6, 6.07) is 0. The highest BCUT2D eigenvalue weighted by Gasteiger charge is 2.57. The lowest BCUT2D eigenvalue weighted by Crippen LogP contribution is -2.52. The molecular formula is C10H21NO3Si. The van der Waals surface area contributed by atoms with Crippen LogP contribution in [0.5, 0.6) is 0 Å². The summed E-state index contributed by atoms with van der Waals surface area (Å²) in [4.78, 5) is 5.64. The van der Waals surface area contributed by atoms with Crippen molar-refractivity contribution in [3.8, 4) is 0 Å². The molecule has 2 heterocycles. The van der Waals surface area contributed by atoms with Gasteiger partial charge in [0.2, 0.25) is 8.32 Å². The van der Waals surface area contributed by atoms with Crippen LogP contribution in [0.2, 0.25) is 19.6 Å². The first-order valence-electron chi connectivity index (χ1n) is 5.58. The second-order valence-electron chi connectivity index (χ2n) is 5.65. The van der Waals surface area contributed by atoms with E-state index in [-0.39, 0.29) is 11.6 Å². The van der Waals surface area contributed by atoms with Gasteiger partial charge in [-0.15, -0.1) is 0 Å². The maximum absolute atomic E-state index is 5.96. The van der Waals surface area contributed by atoms with Crippen molar-refractivity contribution >= 4 is 8.32 Å². The molecule has 0 unspecified atom stereocenters. The van der Waals surface area contributed by atoms with Crippen molar-refractivity contribution in [1.29, 1.82) is 0 Å². The van der Waals surface area contributed by atoms with Crippen LogP contribution in [-0.2, 0) is 14.1 Å². The van der Waals surface area contributed by atoms with E-state index in [2.05, 4.69) is 33.5 Å². The number of rotatable bonds is 2. The second-order valence-corrected chi connectivity index (χ2v) is 10.1. The van der Waals surface area contributed by atoms with Gasteiger partial charge in [0.25, 0.3) is 0 Å². The Bertz CT molecular complexity index is 256. The lowest BCUT2D eigenvalue weighted by Gasteiger charge is -2.37. The van der Waals surface area contributed by atoms with Gasteiger partial charge < -0.3 is 9.26 Å². The van der Waals surface area contributed by atoms with Crippen molar-refractivity contribution in [2.45, 2.75) is 45.1 Å².